The van der Waals surface area contributed by atoms with Crippen LogP contribution in [0.15, 0.2) is 18.2 Å². The molecule has 0 spiro atoms. The standard InChI is InChI=1S/C14H19ClFNO/c1-10-3-4-13(16)5-12(10)7-17-8-14(6-15)18-9-11(17)2/h3-5,11,14H,6-9H2,1-2H3. The van der Waals surface area contributed by atoms with Gasteiger partial charge in [0, 0.05) is 25.0 Å². The fraction of sp³-hybridized carbons (Fsp3) is 0.571. The number of benzene rings is 1. The first-order valence-corrected chi connectivity index (χ1v) is 6.80. The molecule has 1 aliphatic rings. The monoisotopic (exact) mass is 271 g/mol. The van der Waals surface area contributed by atoms with Crippen LogP contribution in [-0.4, -0.2) is 36.1 Å². The molecule has 2 rings (SSSR count). The van der Waals surface area contributed by atoms with E-state index in [0.717, 1.165) is 24.2 Å². The molecule has 1 aliphatic heterocycles. The van der Waals surface area contributed by atoms with Crippen molar-refractivity contribution >= 4 is 11.6 Å². The van der Waals surface area contributed by atoms with E-state index in [9.17, 15) is 4.39 Å². The molecule has 2 atom stereocenters. The quantitative estimate of drug-likeness (QED) is 0.784. The molecule has 1 heterocycles. The van der Waals surface area contributed by atoms with Crippen molar-refractivity contribution in [2.75, 3.05) is 19.0 Å². The van der Waals surface area contributed by atoms with Crippen LogP contribution >= 0.6 is 11.6 Å². The molecule has 0 saturated carbocycles. The van der Waals surface area contributed by atoms with Crippen molar-refractivity contribution < 1.29 is 9.13 Å². The van der Waals surface area contributed by atoms with Gasteiger partial charge in [-0.1, -0.05) is 6.07 Å². The molecule has 0 aliphatic carbocycles. The van der Waals surface area contributed by atoms with E-state index >= 15 is 0 Å². The van der Waals surface area contributed by atoms with Crippen LogP contribution in [0, 0.1) is 12.7 Å². The lowest BCUT2D eigenvalue weighted by Gasteiger charge is -2.37. The van der Waals surface area contributed by atoms with Crippen LogP contribution in [0.1, 0.15) is 18.1 Å². The van der Waals surface area contributed by atoms with Gasteiger partial charge < -0.3 is 4.74 Å². The lowest BCUT2D eigenvalue weighted by atomic mass is 10.1. The molecule has 1 aromatic carbocycles. The molecule has 1 aromatic rings. The molecule has 1 fully saturated rings. The first kappa shape index (κ1) is 13.8. The summed E-state index contributed by atoms with van der Waals surface area (Å²) in [4.78, 5) is 2.30. The Hall–Kier alpha value is -0.640. The highest BCUT2D eigenvalue weighted by Gasteiger charge is 2.25. The van der Waals surface area contributed by atoms with E-state index < -0.39 is 0 Å². The molecule has 2 unspecified atom stereocenters. The maximum atomic E-state index is 13.3. The van der Waals surface area contributed by atoms with Crippen LogP contribution in [0.3, 0.4) is 0 Å². The molecule has 4 heteroatoms. The van der Waals surface area contributed by atoms with Crippen LogP contribution in [0.2, 0.25) is 0 Å². The van der Waals surface area contributed by atoms with Crippen molar-refractivity contribution in [3.05, 3.63) is 35.1 Å². The van der Waals surface area contributed by atoms with E-state index in [1.54, 1.807) is 6.07 Å². The fourth-order valence-corrected chi connectivity index (χ4v) is 2.40. The second kappa shape index (κ2) is 6.00. The number of nitrogens with zero attached hydrogens (tertiary/aromatic N) is 1. The first-order valence-electron chi connectivity index (χ1n) is 6.26. The number of halogens is 2. The minimum absolute atomic E-state index is 0.0803. The Kier molecular flexibility index (Phi) is 4.60. The predicted molar refractivity (Wildman–Crippen MR) is 71.5 cm³/mol. The molecular weight excluding hydrogens is 253 g/mol. The van der Waals surface area contributed by atoms with Gasteiger partial charge in [-0.15, -0.1) is 11.6 Å². The molecule has 0 N–H and O–H groups in total. The topological polar surface area (TPSA) is 12.5 Å². The second-order valence-electron chi connectivity index (χ2n) is 4.96. The predicted octanol–water partition coefficient (Wildman–Crippen LogP) is 2.96. The Bertz CT molecular complexity index is 413. The molecule has 0 bridgehead atoms. The summed E-state index contributed by atoms with van der Waals surface area (Å²) in [5, 5.41) is 0. The van der Waals surface area contributed by atoms with E-state index in [2.05, 4.69) is 11.8 Å². The smallest absolute Gasteiger partial charge is 0.123 e. The number of aryl methyl sites for hydroxylation is 1. The van der Waals surface area contributed by atoms with Gasteiger partial charge in [0.2, 0.25) is 0 Å². The zero-order chi connectivity index (χ0) is 13.1. The molecule has 18 heavy (non-hydrogen) atoms. The maximum absolute atomic E-state index is 13.3. The third-order valence-electron chi connectivity index (χ3n) is 3.49. The summed E-state index contributed by atoms with van der Waals surface area (Å²) in [6.07, 6.45) is 0.0803. The number of alkyl halides is 1. The number of hydrogen-bond donors (Lipinski definition) is 0. The Balaban J connectivity index is 2.09. The molecule has 0 radical (unpaired) electrons. The minimum atomic E-state index is -0.176. The van der Waals surface area contributed by atoms with Crippen molar-refractivity contribution in [1.29, 1.82) is 0 Å². The Labute approximate surface area is 113 Å². The molecule has 0 amide bonds. The van der Waals surface area contributed by atoms with E-state index in [1.807, 2.05) is 13.0 Å². The molecule has 100 valence electrons. The van der Waals surface area contributed by atoms with E-state index in [-0.39, 0.29) is 11.9 Å². The summed E-state index contributed by atoms with van der Waals surface area (Å²) in [5.74, 6) is 0.330. The Morgan fingerprint density at radius 2 is 2.28 bits per heavy atom. The zero-order valence-corrected chi connectivity index (χ0v) is 11.6. The van der Waals surface area contributed by atoms with Gasteiger partial charge in [0.1, 0.15) is 5.82 Å². The summed E-state index contributed by atoms with van der Waals surface area (Å²) >= 11 is 5.84. The summed E-state index contributed by atoms with van der Waals surface area (Å²) in [6.45, 7) is 6.38. The van der Waals surface area contributed by atoms with Crippen LogP contribution < -0.4 is 0 Å². The lowest BCUT2D eigenvalue weighted by molar-refractivity contribution is -0.0511. The first-order chi connectivity index (χ1) is 8.60. The normalized spacial score (nSPS) is 25.3. The zero-order valence-electron chi connectivity index (χ0n) is 10.8. The van der Waals surface area contributed by atoms with Crippen LogP contribution in [0.5, 0.6) is 0 Å². The highest BCUT2D eigenvalue weighted by atomic mass is 35.5. The molecule has 2 nitrogen and oxygen atoms in total. The van der Waals surface area contributed by atoms with Crippen molar-refractivity contribution in [3.63, 3.8) is 0 Å². The van der Waals surface area contributed by atoms with Crippen LogP contribution in [0.25, 0.3) is 0 Å². The minimum Gasteiger partial charge on any atom is -0.374 e. The van der Waals surface area contributed by atoms with Gasteiger partial charge in [-0.2, -0.15) is 0 Å². The Morgan fingerprint density at radius 1 is 1.50 bits per heavy atom. The summed E-state index contributed by atoms with van der Waals surface area (Å²) in [7, 11) is 0. The molecule has 0 aromatic heterocycles. The third kappa shape index (κ3) is 3.22. The largest absolute Gasteiger partial charge is 0.374 e. The van der Waals surface area contributed by atoms with Gasteiger partial charge in [0.25, 0.3) is 0 Å². The summed E-state index contributed by atoms with van der Waals surface area (Å²) < 4.78 is 18.9. The average Bonchev–Trinajstić information content (AvgIpc) is 2.36. The van der Waals surface area contributed by atoms with Crippen LogP contribution in [-0.2, 0) is 11.3 Å². The number of rotatable bonds is 3. The van der Waals surface area contributed by atoms with E-state index in [4.69, 9.17) is 16.3 Å². The number of morpholine rings is 1. The highest BCUT2D eigenvalue weighted by Crippen LogP contribution is 2.19. The summed E-state index contributed by atoms with van der Waals surface area (Å²) in [5.41, 5.74) is 2.16. The Morgan fingerprint density at radius 3 is 3.00 bits per heavy atom. The van der Waals surface area contributed by atoms with Crippen molar-refractivity contribution in [2.45, 2.75) is 32.5 Å². The fourth-order valence-electron chi connectivity index (χ4n) is 2.22. The van der Waals surface area contributed by atoms with Gasteiger partial charge in [0.15, 0.2) is 0 Å². The van der Waals surface area contributed by atoms with E-state index in [0.29, 0.717) is 18.5 Å². The number of hydrogen-bond acceptors (Lipinski definition) is 2. The lowest BCUT2D eigenvalue weighted by Crippen LogP contribution is -2.48. The second-order valence-corrected chi connectivity index (χ2v) is 5.27. The van der Waals surface area contributed by atoms with E-state index in [1.165, 1.54) is 6.07 Å². The van der Waals surface area contributed by atoms with Gasteiger partial charge in [0.05, 0.1) is 12.7 Å². The van der Waals surface area contributed by atoms with Gasteiger partial charge >= 0.3 is 0 Å². The molecule has 1 saturated heterocycles. The van der Waals surface area contributed by atoms with Gasteiger partial charge in [-0.05, 0) is 37.1 Å². The maximum Gasteiger partial charge on any atom is 0.123 e. The average molecular weight is 272 g/mol. The van der Waals surface area contributed by atoms with Crippen molar-refractivity contribution in [2.24, 2.45) is 0 Å². The SMILES string of the molecule is Cc1ccc(F)cc1CN1CC(CCl)OCC1C. The highest BCUT2D eigenvalue weighted by molar-refractivity contribution is 6.18. The van der Waals surface area contributed by atoms with Gasteiger partial charge in [-0.25, -0.2) is 4.39 Å². The third-order valence-corrected chi connectivity index (χ3v) is 3.84. The van der Waals surface area contributed by atoms with Crippen molar-refractivity contribution in [3.8, 4) is 0 Å². The van der Waals surface area contributed by atoms with Crippen LogP contribution in [0.4, 0.5) is 4.39 Å². The molecular formula is C14H19ClFNO. The summed E-state index contributed by atoms with van der Waals surface area (Å²) in [6, 6.07) is 5.29. The van der Waals surface area contributed by atoms with Gasteiger partial charge in [-0.3, -0.25) is 4.90 Å². The number of ether oxygens (including phenoxy) is 1. The van der Waals surface area contributed by atoms with Crippen molar-refractivity contribution in [1.82, 2.24) is 4.90 Å².